The summed E-state index contributed by atoms with van der Waals surface area (Å²) in [6.45, 7) is 8.87. The van der Waals surface area contributed by atoms with Crippen LogP contribution in [0.3, 0.4) is 0 Å². The minimum atomic E-state index is -0.335. The SMILES string of the molecule is Cc1ncc(C(=O)Nc2cc(Cl)cc(CN3CCN(C(=O)C4CCCC4)[C@@H](C)C3)c2C)cc1C#N. The van der Waals surface area contributed by atoms with Crippen molar-refractivity contribution in [1.29, 1.82) is 5.26 Å². The lowest BCUT2D eigenvalue weighted by molar-refractivity contribution is -0.140. The summed E-state index contributed by atoms with van der Waals surface area (Å²) in [5.41, 5.74) is 3.91. The van der Waals surface area contributed by atoms with E-state index in [1.807, 2.05) is 13.0 Å². The van der Waals surface area contributed by atoms with E-state index >= 15 is 0 Å². The van der Waals surface area contributed by atoms with E-state index in [9.17, 15) is 14.9 Å². The van der Waals surface area contributed by atoms with Crippen LogP contribution in [0.5, 0.6) is 0 Å². The summed E-state index contributed by atoms with van der Waals surface area (Å²) in [4.78, 5) is 34.3. The highest BCUT2D eigenvalue weighted by Gasteiger charge is 2.33. The molecular weight excluding hydrogens is 462 g/mol. The van der Waals surface area contributed by atoms with Gasteiger partial charge in [-0.1, -0.05) is 24.4 Å². The molecule has 1 atom stereocenters. The number of aryl methyl sites for hydroxylation is 1. The first kappa shape index (κ1) is 25.2. The number of carbonyl (C=O) groups excluding carboxylic acids is 2. The first-order chi connectivity index (χ1) is 16.8. The first-order valence-corrected chi connectivity index (χ1v) is 12.6. The zero-order valence-electron chi connectivity index (χ0n) is 20.6. The van der Waals surface area contributed by atoms with Gasteiger partial charge in [0.15, 0.2) is 0 Å². The van der Waals surface area contributed by atoms with Gasteiger partial charge in [0.25, 0.3) is 5.91 Å². The number of halogens is 1. The average Bonchev–Trinajstić information content (AvgIpc) is 3.37. The Bertz CT molecular complexity index is 1170. The van der Waals surface area contributed by atoms with E-state index in [-0.39, 0.29) is 17.9 Å². The highest BCUT2D eigenvalue weighted by atomic mass is 35.5. The van der Waals surface area contributed by atoms with Gasteiger partial charge in [0.05, 0.1) is 16.8 Å². The lowest BCUT2D eigenvalue weighted by atomic mass is 10.0. The second-order valence-electron chi connectivity index (χ2n) is 9.76. The lowest BCUT2D eigenvalue weighted by Gasteiger charge is -2.41. The third-order valence-electron chi connectivity index (χ3n) is 7.29. The molecule has 184 valence electrons. The van der Waals surface area contributed by atoms with Crippen LogP contribution >= 0.6 is 11.6 Å². The Hall–Kier alpha value is -2.95. The molecule has 1 aliphatic carbocycles. The number of aromatic nitrogens is 1. The zero-order chi connectivity index (χ0) is 25.1. The summed E-state index contributed by atoms with van der Waals surface area (Å²) in [6.07, 6.45) is 5.85. The maximum Gasteiger partial charge on any atom is 0.257 e. The molecule has 4 rings (SSSR count). The summed E-state index contributed by atoms with van der Waals surface area (Å²) in [5.74, 6) is 0.194. The van der Waals surface area contributed by atoms with Crippen molar-refractivity contribution < 1.29 is 9.59 Å². The molecule has 0 unspecified atom stereocenters. The number of benzene rings is 1. The Kier molecular flexibility index (Phi) is 7.73. The predicted octanol–water partition coefficient (Wildman–Crippen LogP) is 4.70. The molecule has 0 bridgehead atoms. The van der Waals surface area contributed by atoms with Crippen molar-refractivity contribution in [3.8, 4) is 6.07 Å². The molecule has 2 amide bonds. The summed E-state index contributed by atoms with van der Waals surface area (Å²) in [6, 6.07) is 7.46. The fraction of sp³-hybridized carbons (Fsp3) is 0.481. The predicted molar refractivity (Wildman–Crippen MR) is 136 cm³/mol. The van der Waals surface area contributed by atoms with Crippen molar-refractivity contribution in [3.63, 3.8) is 0 Å². The summed E-state index contributed by atoms with van der Waals surface area (Å²) < 4.78 is 0. The minimum absolute atomic E-state index is 0.166. The van der Waals surface area contributed by atoms with Crippen LogP contribution in [-0.4, -0.2) is 52.3 Å². The van der Waals surface area contributed by atoms with Gasteiger partial charge in [0.2, 0.25) is 5.91 Å². The summed E-state index contributed by atoms with van der Waals surface area (Å²) >= 11 is 6.43. The number of anilines is 1. The second kappa shape index (κ2) is 10.8. The number of piperazine rings is 1. The van der Waals surface area contributed by atoms with Gasteiger partial charge in [0.1, 0.15) is 6.07 Å². The number of pyridine rings is 1. The monoisotopic (exact) mass is 493 g/mol. The molecule has 2 aliphatic rings. The standard InChI is InChI=1S/C27H32ClN5O2/c1-17-15-32(8-9-33(17)27(35)20-6-4-5-7-20)16-23-11-24(28)12-25(18(23)2)31-26(34)22-10-21(13-29)19(3)30-14-22/h10-12,14,17,20H,4-9,15-16H2,1-3H3,(H,31,34)/t17-/m0/s1. The number of amides is 2. The maximum atomic E-state index is 12.9. The van der Waals surface area contributed by atoms with Gasteiger partial charge < -0.3 is 10.2 Å². The van der Waals surface area contributed by atoms with E-state index in [0.29, 0.717) is 40.0 Å². The minimum Gasteiger partial charge on any atom is -0.337 e. The van der Waals surface area contributed by atoms with Crippen LogP contribution in [0, 0.1) is 31.1 Å². The molecule has 1 N–H and O–H groups in total. The fourth-order valence-corrected chi connectivity index (χ4v) is 5.39. The van der Waals surface area contributed by atoms with E-state index in [1.54, 1.807) is 19.1 Å². The number of nitrogens with zero attached hydrogens (tertiary/aromatic N) is 4. The molecule has 8 heteroatoms. The zero-order valence-corrected chi connectivity index (χ0v) is 21.4. The quantitative estimate of drug-likeness (QED) is 0.652. The van der Waals surface area contributed by atoms with Gasteiger partial charge in [0, 0.05) is 55.0 Å². The molecule has 2 fully saturated rings. The van der Waals surface area contributed by atoms with Gasteiger partial charge in [-0.25, -0.2) is 0 Å². The van der Waals surface area contributed by atoms with Crippen molar-refractivity contribution in [2.24, 2.45) is 5.92 Å². The van der Waals surface area contributed by atoms with Gasteiger partial charge in [-0.2, -0.15) is 5.26 Å². The van der Waals surface area contributed by atoms with E-state index in [2.05, 4.69) is 33.1 Å². The topological polar surface area (TPSA) is 89.3 Å². The molecule has 1 saturated heterocycles. The Morgan fingerprint density at radius 2 is 1.94 bits per heavy atom. The fourth-order valence-electron chi connectivity index (χ4n) is 5.15. The Morgan fingerprint density at radius 3 is 2.63 bits per heavy atom. The summed E-state index contributed by atoms with van der Waals surface area (Å²) in [7, 11) is 0. The van der Waals surface area contributed by atoms with Crippen LogP contribution in [0.4, 0.5) is 5.69 Å². The van der Waals surface area contributed by atoms with Crippen molar-refractivity contribution in [2.75, 3.05) is 25.0 Å². The third kappa shape index (κ3) is 5.66. The molecule has 1 saturated carbocycles. The normalized spacial score (nSPS) is 18.9. The van der Waals surface area contributed by atoms with Crippen LogP contribution in [0.25, 0.3) is 0 Å². The lowest BCUT2D eigenvalue weighted by Crippen LogP contribution is -2.54. The van der Waals surface area contributed by atoms with Crippen LogP contribution in [0.1, 0.15) is 65.3 Å². The van der Waals surface area contributed by atoms with Gasteiger partial charge >= 0.3 is 0 Å². The number of rotatable bonds is 5. The third-order valence-corrected chi connectivity index (χ3v) is 7.51. The van der Waals surface area contributed by atoms with E-state index in [4.69, 9.17) is 11.6 Å². The van der Waals surface area contributed by atoms with E-state index < -0.39 is 0 Å². The van der Waals surface area contributed by atoms with Crippen LogP contribution in [-0.2, 0) is 11.3 Å². The number of carbonyl (C=O) groups is 2. The molecule has 2 heterocycles. The number of hydrogen-bond donors (Lipinski definition) is 1. The molecular formula is C27H32ClN5O2. The van der Waals surface area contributed by atoms with E-state index in [0.717, 1.165) is 56.4 Å². The number of hydrogen-bond acceptors (Lipinski definition) is 5. The molecule has 1 aromatic heterocycles. The van der Waals surface area contributed by atoms with Crippen LogP contribution in [0.2, 0.25) is 5.02 Å². The van der Waals surface area contributed by atoms with Crippen molar-refractivity contribution >= 4 is 29.1 Å². The molecule has 7 nitrogen and oxygen atoms in total. The molecule has 0 radical (unpaired) electrons. The van der Waals surface area contributed by atoms with Crippen LogP contribution < -0.4 is 5.32 Å². The number of nitrogens with one attached hydrogen (secondary N) is 1. The highest BCUT2D eigenvalue weighted by molar-refractivity contribution is 6.31. The summed E-state index contributed by atoms with van der Waals surface area (Å²) in [5, 5.41) is 12.7. The molecule has 35 heavy (non-hydrogen) atoms. The smallest absolute Gasteiger partial charge is 0.257 e. The largest absolute Gasteiger partial charge is 0.337 e. The Labute approximate surface area is 212 Å². The maximum absolute atomic E-state index is 12.9. The van der Waals surface area contributed by atoms with E-state index in [1.165, 1.54) is 6.20 Å². The molecule has 2 aromatic rings. The molecule has 1 aliphatic heterocycles. The second-order valence-corrected chi connectivity index (χ2v) is 10.2. The molecule has 0 spiro atoms. The highest BCUT2D eigenvalue weighted by Crippen LogP contribution is 2.30. The first-order valence-electron chi connectivity index (χ1n) is 12.3. The Balaban J connectivity index is 1.44. The van der Waals surface area contributed by atoms with Crippen LogP contribution in [0.15, 0.2) is 24.4 Å². The number of nitriles is 1. The van der Waals surface area contributed by atoms with Crippen molar-refractivity contribution in [1.82, 2.24) is 14.8 Å². The Morgan fingerprint density at radius 1 is 1.20 bits per heavy atom. The van der Waals surface area contributed by atoms with Crippen molar-refractivity contribution in [3.05, 3.63) is 57.4 Å². The average molecular weight is 494 g/mol. The van der Waals surface area contributed by atoms with Gasteiger partial charge in [-0.15, -0.1) is 0 Å². The van der Waals surface area contributed by atoms with Crippen molar-refractivity contribution in [2.45, 2.75) is 59.0 Å². The van der Waals surface area contributed by atoms with Gasteiger partial charge in [-0.05, 0) is 62.9 Å². The molecule has 1 aromatic carbocycles. The van der Waals surface area contributed by atoms with Gasteiger partial charge in [-0.3, -0.25) is 19.5 Å².